The smallest absolute Gasteiger partial charge is 0.224 e. The van der Waals surface area contributed by atoms with Crippen molar-refractivity contribution in [2.24, 2.45) is 0 Å². The first-order chi connectivity index (χ1) is 7.65. The van der Waals surface area contributed by atoms with Crippen molar-refractivity contribution in [1.82, 2.24) is 0 Å². The third-order valence-corrected chi connectivity index (χ3v) is 3.23. The normalized spacial score (nSPS) is 10.2. The van der Waals surface area contributed by atoms with E-state index in [-0.39, 0.29) is 5.91 Å². The maximum Gasteiger partial charge on any atom is 0.224 e. The Hall–Kier alpha value is -0.830. The zero-order valence-electron chi connectivity index (χ0n) is 9.85. The molecule has 1 N–H and O–H groups in total. The third kappa shape index (κ3) is 3.97. The second kappa shape index (κ2) is 6.69. The van der Waals surface area contributed by atoms with Crippen LogP contribution >= 0.6 is 15.9 Å². The van der Waals surface area contributed by atoms with E-state index in [1.165, 1.54) is 5.56 Å². The first-order valence-corrected chi connectivity index (χ1v) is 6.69. The number of amides is 1. The molecule has 16 heavy (non-hydrogen) atoms. The molecule has 0 aliphatic carbocycles. The van der Waals surface area contributed by atoms with E-state index in [4.69, 9.17) is 0 Å². The molecule has 0 aliphatic heterocycles. The van der Waals surface area contributed by atoms with E-state index in [1.54, 1.807) is 0 Å². The zero-order valence-corrected chi connectivity index (χ0v) is 11.4. The summed E-state index contributed by atoms with van der Waals surface area (Å²) in [6, 6.07) is 5.97. The average Bonchev–Trinajstić information content (AvgIpc) is 2.25. The number of hydrogen-bond acceptors (Lipinski definition) is 1. The van der Waals surface area contributed by atoms with E-state index in [0.717, 1.165) is 29.4 Å². The van der Waals surface area contributed by atoms with Gasteiger partial charge in [0.15, 0.2) is 0 Å². The molecule has 0 fully saturated rings. The number of carbonyl (C=O) groups excluding carboxylic acids is 1. The number of nitrogens with one attached hydrogen (secondary N) is 1. The lowest BCUT2D eigenvalue weighted by Crippen LogP contribution is -2.12. The second-order valence-corrected chi connectivity index (χ2v) is 4.73. The van der Waals surface area contributed by atoms with Crippen LogP contribution in [0.25, 0.3) is 0 Å². The number of anilines is 1. The standard InChI is InChI=1S/C13H18BrNO/c1-10-6-5-7-12(11(10)2)15-13(16)8-3-4-9-14/h5-7H,3-4,8-9H2,1-2H3,(H,15,16). The Labute approximate surface area is 106 Å². The van der Waals surface area contributed by atoms with Crippen molar-refractivity contribution in [2.75, 3.05) is 10.6 Å². The lowest BCUT2D eigenvalue weighted by atomic mass is 10.1. The summed E-state index contributed by atoms with van der Waals surface area (Å²) in [5.41, 5.74) is 3.29. The highest BCUT2D eigenvalue weighted by Gasteiger charge is 2.05. The van der Waals surface area contributed by atoms with Gasteiger partial charge >= 0.3 is 0 Å². The maximum absolute atomic E-state index is 11.6. The molecule has 0 unspecified atom stereocenters. The molecule has 2 nitrogen and oxygen atoms in total. The van der Waals surface area contributed by atoms with Gasteiger partial charge < -0.3 is 5.32 Å². The molecule has 0 atom stereocenters. The molecule has 0 aliphatic rings. The number of halogens is 1. The van der Waals surface area contributed by atoms with Crippen molar-refractivity contribution in [2.45, 2.75) is 33.1 Å². The van der Waals surface area contributed by atoms with Crippen LogP contribution in [0.4, 0.5) is 5.69 Å². The fourth-order valence-corrected chi connectivity index (χ4v) is 1.88. The number of unbranched alkanes of at least 4 members (excludes halogenated alkanes) is 1. The minimum absolute atomic E-state index is 0.106. The molecule has 3 heteroatoms. The van der Waals surface area contributed by atoms with Gasteiger partial charge in [0.05, 0.1) is 0 Å². The number of hydrogen-bond donors (Lipinski definition) is 1. The highest BCUT2D eigenvalue weighted by atomic mass is 79.9. The van der Waals surface area contributed by atoms with Crippen molar-refractivity contribution >= 4 is 27.5 Å². The molecule has 0 spiro atoms. The summed E-state index contributed by atoms with van der Waals surface area (Å²) >= 11 is 3.36. The largest absolute Gasteiger partial charge is 0.326 e. The summed E-state index contributed by atoms with van der Waals surface area (Å²) < 4.78 is 0. The van der Waals surface area contributed by atoms with Gasteiger partial charge in [-0.2, -0.15) is 0 Å². The highest BCUT2D eigenvalue weighted by Crippen LogP contribution is 2.18. The van der Waals surface area contributed by atoms with Crippen molar-refractivity contribution in [3.63, 3.8) is 0 Å². The SMILES string of the molecule is Cc1cccc(NC(=O)CCCCBr)c1C. The molecular formula is C13H18BrNO. The van der Waals surface area contributed by atoms with Gasteiger partial charge in [0.2, 0.25) is 5.91 Å². The molecule has 0 radical (unpaired) electrons. The summed E-state index contributed by atoms with van der Waals surface area (Å²) in [6.45, 7) is 4.08. The summed E-state index contributed by atoms with van der Waals surface area (Å²) in [5, 5.41) is 3.92. The fourth-order valence-electron chi connectivity index (χ4n) is 1.48. The Kier molecular flexibility index (Phi) is 5.53. The Morgan fingerprint density at radius 1 is 1.31 bits per heavy atom. The molecule has 1 aromatic carbocycles. The van der Waals surface area contributed by atoms with Crippen LogP contribution in [0.1, 0.15) is 30.4 Å². The first kappa shape index (κ1) is 13.2. The number of carbonyl (C=O) groups is 1. The van der Waals surface area contributed by atoms with E-state index >= 15 is 0 Å². The molecule has 0 heterocycles. The predicted octanol–water partition coefficient (Wildman–Crippen LogP) is 3.81. The molecule has 0 bridgehead atoms. The predicted molar refractivity (Wildman–Crippen MR) is 72.2 cm³/mol. The van der Waals surface area contributed by atoms with Crippen LogP contribution in [0.5, 0.6) is 0 Å². The number of alkyl halides is 1. The fraction of sp³-hybridized carbons (Fsp3) is 0.462. The summed E-state index contributed by atoms with van der Waals surface area (Å²) in [6.07, 6.45) is 2.57. The molecule has 88 valence electrons. The molecule has 0 saturated carbocycles. The van der Waals surface area contributed by atoms with Crippen molar-refractivity contribution in [3.8, 4) is 0 Å². The van der Waals surface area contributed by atoms with Gasteiger partial charge in [-0.05, 0) is 43.9 Å². The van der Waals surface area contributed by atoms with Crippen molar-refractivity contribution in [3.05, 3.63) is 29.3 Å². The lowest BCUT2D eigenvalue weighted by Gasteiger charge is -2.09. The highest BCUT2D eigenvalue weighted by molar-refractivity contribution is 9.09. The summed E-state index contributed by atoms with van der Waals surface area (Å²) in [4.78, 5) is 11.6. The number of benzene rings is 1. The molecule has 1 aromatic rings. The van der Waals surface area contributed by atoms with Crippen LogP contribution in [-0.2, 0) is 4.79 Å². The second-order valence-electron chi connectivity index (χ2n) is 3.94. The zero-order chi connectivity index (χ0) is 12.0. The quantitative estimate of drug-likeness (QED) is 0.646. The van der Waals surface area contributed by atoms with Crippen LogP contribution < -0.4 is 5.32 Å². The minimum Gasteiger partial charge on any atom is -0.326 e. The maximum atomic E-state index is 11.6. The topological polar surface area (TPSA) is 29.1 Å². The Morgan fingerprint density at radius 3 is 2.75 bits per heavy atom. The molecule has 1 amide bonds. The van der Waals surface area contributed by atoms with Gasteiger partial charge in [0.25, 0.3) is 0 Å². The molecule has 0 saturated heterocycles. The van der Waals surface area contributed by atoms with Gasteiger partial charge in [0.1, 0.15) is 0 Å². The van der Waals surface area contributed by atoms with Gasteiger partial charge in [0, 0.05) is 17.4 Å². The van der Waals surface area contributed by atoms with E-state index in [0.29, 0.717) is 6.42 Å². The van der Waals surface area contributed by atoms with Crippen molar-refractivity contribution in [1.29, 1.82) is 0 Å². The molecule has 1 rings (SSSR count). The number of aryl methyl sites for hydroxylation is 1. The summed E-state index contributed by atoms with van der Waals surface area (Å²) in [7, 11) is 0. The molecule has 0 aromatic heterocycles. The van der Waals surface area contributed by atoms with E-state index < -0.39 is 0 Å². The third-order valence-electron chi connectivity index (χ3n) is 2.67. The monoisotopic (exact) mass is 283 g/mol. The van der Waals surface area contributed by atoms with Crippen LogP contribution in [-0.4, -0.2) is 11.2 Å². The Bertz CT molecular complexity index is 363. The van der Waals surface area contributed by atoms with Crippen LogP contribution in [0.15, 0.2) is 18.2 Å². The van der Waals surface area contributed by atoms with Gasteiger partial charge in [-0.1, -0.05) is 28.1 Å². The van der Waals surface area contributed by atoms with Gasteiger partial charge in [-0.25, -0.2) is 0 Å². The minimum atomic E-state index is 0.106. The van der Waals surface area contributed by atoms with Crippen LogP contribution in [0.3, 0.4) is 0 Å². The van der Waals surface area contributed by atoms with E-state index in [2.05, 4.69) is 34.2 Å². The number of rotatable bonds is 5. The Balaban J connectivity index is 2.53. The van der Waals surface area contributed by atoms with Crippen LogP contribution in [0.2, 0.25) is 0 Å². The van der Waals surface area contributed by atoms with Gasteiger partial charge in [-0.15, -0.1) is 0 Å². The average molecular weight is 284 g/mol. The Morgan fingerprint density at radius 2 is 2.06 bits per heavy atom. The van der Waals surface area contributed by atoms with Crippen molar-refractivity contribution < 1.29 is 4.79 Å². The lowest BCUT2D eigenvalue weighted by molar-refractivity contribution is -0.116. The van der Waals surface area contributed by atoms with Gasteiger partial charge in [-0.3, -0.25) is 4.79 Å². The van der Waals surface area contributed by atoms with E-state index in [9.17, 15) is 4.79 Å². The van der Waals surface area contributed by atoms with E-state index in [1.807, 2.05) is 19.1 Å². The van der Waals surface area contributed by atoms with Crippen LogP contribution in [0, 0.1) is 13.8 Å². The molecular weight excluding hydrogens is 266 g/mol. The first-order valence-electron chi connectivity index (χ1n) is 5.57. The summed E-state index contributed by atoms with van der Waals surface area (Å²) in [5.74, 6) is 0.106.